The second-order valence-corrected chi connectivity index (χ2v) is 11.2. The average Bonchev–Trinajstić information content (AvgIpc) is 3.48. The molecule has 0 bridgehead atoms. The molecular formula is C31H40N3O6+. The summed E-state index contributed by atoms with van der Waals surface area (Å²) >= 11 is 0. The Labute approximate surface area is 235 Å². The van der Waals surface area contributed by atoms with E-state index in [0.717, 1.165) is 41.1 Å². The molecule has 0 unspecified atom stereocenters. The largest absolute Gasteiger partial charge is 0.493 e. The van der Waals surface area contributed by atoms with E-state index in [1.807, 2.05) is 42.5 Å². The molecule has 3 aliphatic rings. The first kappa shape index (κ1) is 28.1. The number of carbonyl (C=O) groups is 2. The number of carboxylic acid groups (broad SMARTS) is 1. The number of rotatable bonds is 10. The molecule has 2 aromatic rings. The van der Waals surface area contributed by atoms with Crippen molar-refractivity contribution in [3.8, 4) is 11.5 Å². The third-order valence-corrected chi connectivity index (χ3v) is 8.55. The highest BCUT2D eigenvalue weighted by atomic mass is 16.5. The van der Waals surface area contributed by atoms with Crippen LogP contribution in [0.1, 0.15) is 68.9 Å². The van der Waals surface area contributed by atoms with Crippen LogP contribution in [0.15, 0.2) is 47.6 Å². The van der Waals surface area contributed by atoms with Crippen molar-refractivity contribution in [1.82, 2.24) is 9.49 Å². The molecule has 214 valence electrons. The van der Waals surface area contributed by atoms with Crippen LogP contribution < -0.4 is 14.0 Å². The molecule has 2 heterocycles. The van der Waals surface area contributed by atoms with Crippen molar-refractivity contribution in [2.75, 3.05) is 26.7 Å². The number of aliphatic carboxylic acids is 1. The molecule has 2 aliphatic heterocycles. The van der Waals surface area contributed by atoms with Crippen molar-refractivity contribution in [3.63, 3.8) is 0 Å². The number of carboxylic acids is 1. The van der Waals surface area contributed by atoms with Crippen LogP contribution in [0.3, 0.4) is 0 Å². The number of hydrazone groups is 1. The van der Waals surface area contributed by atoms with Gasteiger partial charge in [0, 0.05) is 31.2 Å². The van der Waals surface area contributed by atoms with E-state index in [2.05, 4.69) is 0 Å². The molecule has 1 saturated heterocycles. The van der Waals surface area contributed by atoms with E-state index in [1.165, 1.54) is 12.8 Å². The van der Waals surface area contributed by atoms with Gasteiger partial charge in [-0.2, -0.15) is 5.10 Å². The van der Waals surface area contributed by atoms with Crippen LogP contribution >= 0.6 is 0 Å². The fourth-order valence-corrected chi connectivity index (χ4v) is 6.13. The molecule has 9 heteroatoms. The number of piperidine rings is 1. The molecular weight excluding hydrogens is 510 g/mol. The Balaban J connectivity index is 1.32. The molecule has 1 amide bonds. The van der Waals surface area contributed by atoms with Gasteiger partial charge in [0.05, 0.1) is 57.6 Å². The maximum atomic E-state index is 12.8. The zero-order valence-corrected chi connectivity index (χ0v) is 23.3. The number of aliphatic hydroxyl groups is 1. The summed E-state index contributed by atoms with van der Waals surface area (Å²) in [4.78, 5) is 24.1. The van der Waals surface area contributed by atoms with E-state index in [9.17, 15) is 19.8 Å². The lowest BCUT2D eigenvalue weighted by Crippen LogP contribution is -2.56. The lowest BCUT2D eigenvalue weighted by Gasteiger charge is -2.42. The standard InChI is InChI=1S/C31H39N3O6/c1-39-28-12-8-23(20-29(28)40-26-4-2-3-5-26)27-11-13-30(36)33(32-27)21-22-6-9-24(10-7-22)34(19-16-31(37)38)17-14-25(35)15-18-34/h6-10,12,20,25-26,35H,2-5,11,13-19,21H2,1H3/p+1. The van der Waals surface area contributed by atoms with Crippen LogP contribution in [0.5, 0.6) is 11.5 Å². The van der Waals surface area contributed by atoms with Gasteiger partial charge >= 0.3 is 5.97 Å². The number of nitrogens with zero attached hydrogens (tertiary/aromatic N) is 3. The number of methoxy groups -OCH3 is 1. The minimum absolute atomic E-state index is 0.0151. The van der Waals surface area contributed by atoms with Crippen LogP contribution in [-0.2, 0) is 16.1 Å². The predicted molar refractivity (Wildman–Crippen MR) is 153 cm³/mol. The first-order valence-electron chi connectivity index (χ1n) is 14.4. The van der Waals surface area contributed by atoms with Crippen LogP contribution in [0.4, 0.5) is 5.69 Å². The summed E-state index contributed by atoms with van der Waals surface area (Å²) in [6.45, 7) is 2.27. The van der Waals surface area contributed by atoms with Crippen LogP contribution in [0.2, 0.25) is 0 Å². The SMILES string of the molecule is COc1ccc(C2=NN(Cc3ccc([N+]4(CCC(=O)O)CCC(O)CC4)cc3)C(=O)CC2)cc1OC1CCCC1. The minimum Gasteiger partial charge on any atom is -0.493 e. The number of hydrogen-bond donors (Lipinski definition) is 2. The highest BCUT2D eigenvalue weighted by molar-refractivity contribution is 6.04. The Hall–Kier alpha value is -3.43. The Morgan fingerprint density at radius 1 is 1.02 bits per heavy atom. The van der Waals surface area contributed by atoms with Gasteiger partial charge in [-0.1, -0.05) is 12.1 Å². The Morgan fingerprint density at radius 3 is 2.42 bits per heavy atom. The minimum atomic E-state index is -0.813. The quantitative estimate of drug-likeness (QED) is 0.423. The van der Waals surface area contributed by atoms with Gasteiger partial charge in [0.1, 0.15) is 5.69 Å². The van der Waals surface area contributed by atoms with Crippen molar-refractivity contribution in [2.24, 2.45) is 5.10 Å². The molecule has 2 N–H and O–H groups in total. The lowest BCUT2D eigenvalue weighted by molar-refractivity contribution is -0.137. The third kappa shape index (κ3) is 6.47. The van der Waals surface area contributed by atoms with Crippen LogP contribution in [0.25, 0.3) is 0 Å². The Morgan fingerprint density at radius 2 is 1.75 bits per heavy atom. The number of amides is 1. The summed E-state index contributed by atoms with van der Waals surface area (Å²) in [5.74, 6) is 0.594. The maximum Gasteiger partial charge on any atom is 0.309 e. The highest BCUT2D eigenvalue weighted by Gasteiger charge is 2.36. The van der Waals surface area contributed by atoms with Crippen LogP contribution in [-0.4, -0.2) is 71.8 Å². The van der Waals surface area contributed by atoms with Crippen molar-refractivity contribution < 1.29 is 29.3 Å². The summed E-state index contributed by atoms with van der Waals surface area (Å²) in [5.41, 5.74) is 3.77. The Bertz CT molecular complexity index is 1230. The number of carbonyl (C=O) groups excluding carboxylic acids is 1. The number of aliphatic hydroxyl groups excluding tert-OH is 1. The summed E-state index contributed by atoms with van der Waals surface area (Å²) in [5, 5.41) is 25.6. The molecule has 40 heavy (non-hydrogen) atoms. The number of ether oxygens (including phenoxy) is 2. The average molecular weight is 551 g/mol. The fraction of sp³-hybridized carbons (Fsp3) is 0.516. The molecule has 0 aromatic heterocycles. The smallest absolute Gasteiger partial charge is 0.309 e. The highest BCUT2D eigenvalue weighted by Crippen LogP contribution is 2.34. The van der Waals surface area contributed by atoms with Gasteiger partial charge in [-0.3, -0.25) is 14.1 Å². The molecule has 2 aromatic carbocycles. The van der Waals surface area contributed by atoms with Gasteiger partial charge in [0.25, 0.3) is 0 Å². The zero-order valence-electron chi connectivity index (χ0n) is 23.3. The zero-order chi connectivity index (χ0) is 28.1. The third-order valence-electron chi connectivity index (χ3n) is 8.55. The summed E-state index contributed by atoms with van der Waals surface area (Å²) < 4.78 is 12.4. The Kier molecular flexibility index (Phi) is 8.71. The van der Waals surface area contributed by atoms with E-state index < -0.39 is 5.97 Å². The van der Waals surface area contributed by atoms with E-state index >= 15 is 0 Å². The molecule has 2 fully saturated rings. The number of hydrogen-bond acceptors (Lipinski definition) is 6. The van der Waals surface area contributed by atoms with E-state index in [-0.39, 0.29) is 24.5 Å². The maximum absolute atomic E-state index is 12.8. The first-order valence-corrected chi connectivity index (χ1v) is 14.4. The summed E-state index contributed by atoms with van der Waals surface area (Å²) in [6.07, 6.45) is 6.69. The normalized spacial score (nSPS) is 23.6. The number of benzene rings is 2. The molecule has 0 spiro atoms. The van der Waals surface area contributed by atoms with Gasteiger partial charge in [-0.15, -0.1) is 0 Å². The van der Waals surface area contributed by atoms with Gasteiger partial charge in [0.15, 0.2) is 11.5 Å². The van der Waals surface area contributed by atoms with E-state index in [1.54, 1.807) is 12.1 Å². The number of quaternary nitrogens is 1. The monoisotopic (exact) mass is 550 g/mol. The van der Waals surface area contributed by atoms with Gasteiger partial charge in [-0.05, 0) is 61.6 Å². The topological polar surface area (TPSA) is 109 Å². The summed E-state index contributed by atoms with van der Waals surface area (Å²) in [7, 11) is 1.64. The summed E-state index contributed by atoms with van der Waals surface area (Å²) in [6, 6.07) is 13.9. The number of likely N-dealkylation sites (tertiary alicyclic amines) is 1. The molecule has 9 nitrogen and oxygen atoms in total. The molecule has 0 atom stereocenters. The van der Waals surface area contributed by atoms with Crippen molar-refractivity contribution in [3.05, 3.63) is 53.6 Å². The van der Waals surface area contributed by atoms with E-state index in [0.29, 0.717) is 62.1 Å². The van der Waals surface area contributed by atoms with Crippen molar-refractivity contribution >= 4 is 23.3 Å². The first-order chi connectivity index (χ1) is 19.3. The molecule has 1 saturated carbocycles. The molecule has 1 aliphatic carbocycles. The molecule has 5 rings (SSSR count). The van der Waals surface area contributed by atoms with Crippen molar-refractivity contribution in [1.29, 1.82) is 0 Å². The lowest BCUT2D eigenvalue weighted by atomic mass is 10.0. The van der Waals surface area contributed by atoms with Gasteiger partial charge in [-0.25, -0.2) is 5.01 Å². The van der Waals surface area contributed by atoms with Gasteiger partial charge in [0.2, 0.25) is 5.91 Å². The van der Waals surface area contributed by atoms with Crippen LogP contribution in [0, 0.1) is 0 Å². The van der Waals surface area contributed by atoms with Gasteiger partial charge < -0.3 is 19.7 Å². The fourth-order valence-electron chi connectivity index (χ4n) is 6.13. The predicted octanol–water partition coefficient (Wildman–Crippen LogP) is 4.48. The van der Waals surface area contributed by atoms with Crippen molar-refractivity contribution in [2.45, 2.75) is 76.5 Å². The van der Waals surface area contributed by atoms with E-state index in [4.69, 9.17) is 14.6 Å². The second kappa shape index (κ2) is 12.4. The second-order valence-electron chi connectivity index (χ2n) is 11.2. The molecule has 0 radical (unpaired) electrons.